The number of carbonyl (C=O) groups excluding carboxylic acids is 1. The second kappa shape index (κ2) is 9.22. The average molecular weight is 382 g/mol. The van der Waals surface area contributed by atoms with E-state index in [0.717, 1.165) is 43.1 Å². The van der Waals surface area contributed by atoms with Gasteiger partial charge in [-0.25, -0.2) is 4.68 Å². The summed E-state index contributed by atoms with van der Waals surface area (Å²) in [5, 5.41) is 14.6. The molecule has 3 rings (SSSR count). The molecule has 0 radical (unpaired) electrons. The Kier molecular flexibility index (Phi) is 7.28. The van der Waals surface area contributed by atoms with Crippen molar-refractivity contribution in [2.75, 3.05) is 24.7 Å². The molecule has 0 saturated carbocycles. The van der Waals surface area contributed by atoms with Gasteiger partial charge in [0.05, 0.1) is 11.7 Å². The summed E-state index contributed by atoms with van der Waals surface area (Å²) in [6, 6.07) is 8.24. The van der Waals surface area contributed by atoms with Crippen molar-refractivity contribution in [1.29, 1.82) is 0 Å². The van der Waals surface area contributed by atoms with Gasteiger partial charge in [-0.2, -0.15) is 11.8 Å². The van der Waals surface area contributed by atoms with Gasteiger partial charge in [-0.1, -0.05) is 17.3 Å². The second-order valence-corrected chi connectivity index (χ2v) is 6.90. The number of nitrogens with zero attached hydrogens (tertiary/aromatic N) is 3. The zero-order chi connectivity index (χ0) is 16.9. The van der Waals surface area contributed by atoms with Gasteiger partial charge in [-0.3, -0.25) is 4.79 Å². The Morgan fingerprint density at radius 2 is 2.00 bits per heavy atom. The van der Waals surface area contributed by atoms with Crippen LogP contribution < -0.4 is 10.6 Å². The van der Waals surface area contributed by atoms with E-state index in [1.54, 1.807) is 11.8 Å². The van der Waals surface area contributed by atoms with Crippen molar-refractivity contribution in [3.05, 3.63) is 41.2 Å². The van der Waals surface area contributed by atoms with E-state index in [0.29, 0.717) is 11.7 Å². The number of piperidine rings is 1. The van der Waals surface area contributed by atoms with E-state index in [4.69, 9.17) is 0 Å². The lowest BCUT2D eigenvalue weighted by atomic mass is 10.1. The average Bonchev–Trinajstić information content (AvgIpc) is 2.99. The highest BCUT2D eigenvalue weighted by Gasteiger charge is 2.22. The topological polar surface area (TPSA) is 71.8 Å². The zero-order valence-electron chi connectivity index (χ0n) is 14.5. The molecule has 136 valence electrons. The summed E-state index contributed by atoms with van der Waals surface area (Å²) in [6.07, 6.45) is 4.11. The van der Waals surface area contributed by atoms with Crippen LogP contribution in [0.4, 0.5) is 5.69 Å². The highest BCUT2D eigenvalue weighted by Crippen LogP contribution is 2.21. The Morgan fingerprint density at radius 1 is 1.32 bits per heavy atom. The third-order valence-electron chi connectivity index (χ3n) is 4.32. The molecular formula is C17H24ClN5OS. The number of benzene rings is 1. The fraction of sp³-hybridized carbons (Fsp3) is 0.471. The minimum atomic E-state index is -0.203. The predicted octanol–water partition coefficient (Wildman–Crippen LogP) is 3.05. The highest BCUT2D eigenvalue weighted by atomic mass is 35.5. The number of hydrogen-bond donors (Lipinski definition) is 2. The number of halogens is 1. The third-order valence-corrected chi connectivity index (χ3v) is 4.94. The van der Waals surface area contributed by atoms with Gasteiger partial charge in [0.1, 0.15) is 0 Å². The number of hydrogen-bond acceptors (Lipinski definition) is 5. The van der Waals surface area contributed by atoms with E-state index in [-0.39, 0.29) is 18.3 Å². The van der Waals surface area contributed by atoms with Gasteiger partial charge < -0.3 is 10.6 Å². The maximum Gasteiger partial charge on any atom is 0.278 e. The van der Waals surface area contributed by atoms with E-state index >= 15 is 0 Å². The van der Waals surface area contributed by atoms with Crippen LogP contribution >= 0.6 is 24.2 Å². The van der Waals surface area contributed by atoms with Crippen LogP contribution in [-0.2, 0) is 5.75 Å². The maximum atomic E-state index is 12.5. The smallest absolute Gasteiger partial charge is 0.278 e. The van der Waals surface area contributed by atoms with Crippen LogP contribution in [0.25, 0.3) is 0 Å². The Balaban J connectivity index is 0.00000225. The molecule has 25 heavy (non-hydrogen) atoms. The van der Waals surface area contributed by atoms with Gasteiger partial charge in [0.2, 0.25) is 0 Å². The number of aromatic nitrogens is 3. The van der Waals surface area contributed by atoms with Gasteiger partial charge >= 0.3 is 0 Å². The van der Waals surface area contributed by atoms with Gasteiger partial charge in [-0.15, -0.1) is 17.5 Å². The van der Waals surface area contributed by atoms with Crippen LogP contribution in [0.3, 0.4) is 0 Å². The molecule has 0 spiro atoms. The molecular weight excluding hydrogens is 358 g/mol. The van der Waals surface area contributed by atoms with Crippen LogP contribution in [0.1, 0.15) is 40.6 Å². The molecule has 8 heteroatoms. The minimum absolute atomic E-state index is 0. The Morgan fingerprint density at radius 3 is 2.64 bits per heavy atom. The third kappa shape index (κ3) is 4.74. The van der Waals surface area contributed by atoms with Crippen LogP contribution in [0.5, 0.6) is 0 Å². The first-order valence-electron chi connectivity index (χ1n) is 8.20. The predicted molar refractivity (Wildman–Crippen MR) is 105 cm³/mol. The van der Waals surface area contributed by atoms with E-state index in [9.17, 15) is 4.79 Å². The summed E-state index contributed by atoms with van der Waals surface area (Å²) >= 11 is 1.78. The summed E-state index contributed by atoms with van der Waals surface area (Å²) in [5.74, 6) is 0.767. The van der Waals surface area contributed by atoms with Crippen molar-refractivity contribution in [1.82, 2.24) is 20.3 Å². The SMILES string of the molecule is CSCc1ccc(NC(=O)c2nnn(C3CCNCC3)c2C)cc1.Cl. The van der Waals surface area contributed by atoms with Crippen LogP contribution in [0.2, 0.25) is 0 Å². The molecule has 2 N–H and O–H groups in total. The molecule has 0 aliphatic carbocycles. The first-order chi connectivity index (χ1) is 11.7. The summed E-state index contributed by atoms with van der Waals surface area (Å²) < 4.78 is 1.90. The molecule has 2 aromatic rings. The molecule has 1 saturated heterocycles. The Bertz CT molecular complexity index is 698. The van der Waals surface area contributed by atoms with Crippen molar-refractivity contribution >= 4 is 35.8 Å². The molecule has 6 nitrogen and oxygen atoms in total. The number of anilines is 1. The Labute approximate surface area is 158 Å². The number of nitrogens with one attached hydrogen (secondary N) is 2. The van der Waals surface area contributed by atoms with E-state index in [2.05, 4.69) is 27.2 Å². The quantitative estimate of drug-likeness (QED) is 0.832. The first kappa shape index (κ1) is 19.8. The van der Waals surface area contributed by atoms with Crippen molar-refractivity contribution in [3.8, 4) is 0 Å². The van der Waals surface area contributed by atoms with E-state index in [1.165, 1.54) is 5.56 Å². The molecule has 1 aliphatic heterocycles. The van der Waals surface area contributed by atoms with Gasteiger partial charge in [-0.05, 0) is 56.8 Å². The molecule has 1 aromatic carbocycles. The fourth-order valence-corrected chi connectivity index (χ4v) is 3.52. The van der Waals surface area contributed by atoms with E-state index < -0.39 is 0 Å². The molecule has 2 heterocycles. The lowest BCUT2D eigenvalue weighted by molar-refractivity contribution is 0.102. The normalized spacial score (nSPS) is 14.8. The second-order valence-electron chi connectivity index (χ2n) is 6.03. The van der Waals surface area contributed by atoms with Crippen LogP contribution in [0, 0.1) is 6.92 Å². The summed E-state index contributed by atoms with van der Waals surface area (Å²) in [7, 11) is 0. The summed E-state index contributed by atoms with van der Waals surface area (Å²) in [4.78, 5) is 12.5. The lowest BCUT2D eigenvalue weighted by Gasteiger charge is -2.23. The molecule has 1 amide bonds. The highest BCUT2D eigenvalue weighted by molar-refractivity contribution is 7.97. The maximum absolute atomic E-state index is 12.5. The first-order valence-corrected chi connectivity index (χ1v) is 9.60. The number of thioether (sulfide) groups is 1. The minimum Gasteiger partial charge on any atom is -0.321 e. The van der Waals surface area contributed by atoms with Gasteiger partial charge in [0.25, 0.3) is 5.91 Å². The molecule has 0 atom stereocenters. The Hall–Kier alpha value is -1.57. The van der Waals surface area contributed by atoms with E-state index in [1.807, 2.05) is 35.9 Å². The molecule has 0 unspecified atom stereocenters. The summed E-state index contributed by atoms with van der Waals surface area (Å²) in [6.45, 7) is 3.88. The number of carbonyl (C=O) groups is 1. The molecule has 1 aliphatic rings. The molecule has 1 fully saturated rings. The van der Waals surface area contributed by atoms with Crippen molar-refractivity contribution < 1.29 is 4.79 Å². The van der Waals surface area contributed by atoms with Gasteiger partial charge in [0.15, 0.2) is 5.69 Å². The van der Waals surface area contributed by atoms with Crippen molar-refractivity contribution in [3.63, 3.8) is 0 Å². The van der Waals surface area contributed by atoms with Crippen LogP contribution in [-0.4, -0.2) is 40.2 Å². The van der Waals surface area contributed by atoms with Crippen LogP contribution in [0.15, 0.2) is 24.3 Å². The monoisotopic (exact) mass is 381 g/mol. The fourth-order valence-electron chi connectivity index (χ4n) is 2.99. The largest absolute Gasteiger partial charge is 0.321 e. The lowest BCUT2D eigenvalue weighted by Crippen LogP contribution is -2.30. The van der Waals surface area contributed by atoms with Crippen molar-refractivity contribution in [2.45, 2.75) is 31.6 Å². The van der Waals surface area contributed by atoms with Gasteiger partial charge in [0, 0.05) is 11.4 Å². The standard InChI is InChI=1S/C17H23N5OS.ClH/c1-12-16(20-21-22(12)15-7-9-18-10-8-15)17(23)19-14-5-3-13(4-6-14)11-24-2;/h3-6,15,18H,7-11H2,1-2H3,(H,19,23);1H. The summed E-state index contributed by atoms with van der Waals surface area (Å²) in [5.41, 5.74) is 3.26. The number of rotatable bonds is 5. The number of amides is 1. The molecule has 1 aromatic heterocycles. The zero-order valence-corrected chi connectivity index (χ0v) is 16.1. The molecule has 0 bridgehead atoms. The van der Waals surface area contributed by atoms with Crippen molar-refractivity contribution in [2.24, 2.45) is 0 Å².